The van der Waals surface area contributed by atoms with Crippen LogP contribution in [0.25, 0.3) is 0 Å². The number of hydrogen-bond donors (Lipinski definition) is 2. The molecule has 1 saturated heterocycles. The maximum Gasteiger partial charge on any atom is 0.279 e. The summed E-state index contributed by atoms with van der Waals surface area (Å²) in [6.45, 7) is 6.30. The minimum absolute atomic E-state index is 0.0449. The van der Waals surface area contributed by atoms with Crippen LogP contribution in [0.5, 0.6) is 0 Å². The van der Waals surface area contributed by atoms with Gasteiger partial charge in [-0.1, -0.05) is 35.9 Å². The number of carbonyl (C=O) groups excluding carboxylic acids is 1. The molecule has 2 aromatic rings. The summed E-state index contributed by atoms with van der Waals surface area (Å²) in [4.78, 5) is 16.0. The Labute approximate surface area is 148 Å². The van der Waals surface area contributed by atoms with Gasteiger partial charge in [0.25, 0.3) is 5.91 Å². The van der Waals surface area contributed by atoms with Gasteiger partial charge in [0.15, 0.2) is 6.54 Å². The van der Waals surface area contributed by atoms with Crippen molar-refractivity contribution in [2.75, 3.05) is 42.9 Å². The number of amides is 1. The van der Waals surface area contributed by atoms with E-state index < -0.39 is 0 Å². The van der Waals surface area contributed by atoms with E-state index in [1.807, 2.05) is 31.2 Å². The van der Waals surface area contributed by atoms with Crippen molar-refractivity contribution in [3.05, 3.63) is 59.1 Å². The zero-order valence-corrected chi connectivity index (χ0v) is 14.6. The van der Waals surface area contributed by atoms with E-state index in [-0.39, 0.29) is 5.91 Å². The summed E-state index contributed by atoms with van der Waals surface area (Å²) in [5.74, 6) is 0.0449. The zero-order chi connectivity index (χ0) is 16.9. The summed E-state index contributed by atoms with van der Waals surface area (Å²) >= 11 is 6.10. The van der Waals surface area contributed by atoms with Crippen molar-refractivity contribution in [2.24, 2.45) is 0 Å². The molecular formula is C19H23ClN3O+. The zero-order valence-electron chi connectivity index (χ0n) is 13.9. The summed E-state index contributed by atoms with van der Waals surface area (Å²) < 4.78 is 0. The summed E-state index contributed by atoms with van der Waals surface area (Å²) in [7, 11) is 0. The van der Waals surface area contributed by atoms with Gasteiger partial charge in [-0.2, -0.15) is 0 Å². The summed E-state index contributed by atoms with van der Waals surface area (Å²) in [5.41, 5.74) is 2.97. The number of quaternary nitrogens is 1. The largest absolute Gasteiger partial charge is 0.360 e. The highest BCUT2D eigenvalue weighted by Gasteiger charge is 2.22. The fraction of sp³-hybridized carbons (Fsp3) is 0.316. The molecule has 5 heteroatoms. The van der Waals surface area contributed by atoms with E-state index in [1.54, 1.807) is 0 Å². The van der Waals surface area contributed by atoms with Crippen LogP contribution < -0.4 is 15.1 Å². The van der Waals surface area contributed by atoms with Gasteiger partial charge in [-0.15, -0.1) is 0 Å². The van der Waals surface area contributed by atoms with E-state index >= 15 is 0 Å². The summed E-state index contributed by atoms with van der Waals surface area (Å²) in [6, 6.07) is 16.0. The number of piperazine rings is 1. The lowest BCUT2D eigenvalue weighted by Gasteiger charge is -2.33. The molecule has 1 aliphatic rings. The van der Waals surface area contributed by atoms with Crippen LogP contribution in [0.1, 0.15) is 5.56 Å². The number of nitrogens with one attached hydrogen (secondary N) is 2. The third kappa shape index (κ3) is 4.08. The fourth-order valence-electron chi connectivity index (χ4n) is 3.06. The van der Waals surface area contributed by atoms with Crippen molar-refractivity contribution >= 4 is 28.9 Å². The molecule has 1 amide bonds. The van der Waals surface area contributed by atoms with Crippen molar-refractivity contribution < 1.29 is 9.69 Å². The Morgan fingerprint density at radius 3 is 2.54 bits per heavy atom. The average Bonchev–Trinajstić information content (AvgIpc) is 2.60. The SMILES string of the molecule is Cc1c(Cl)cccc1NC(=O)C[NH+]1CCN(c2ccccc2)CC1. The highest BCUT2D eigenvalue weighted by Crippen LogP contribution is 2.22. The lowest BCUT2D eigenvalue weighted by atomic mass is 10.2. The molecule has 0 bridgehead atoms. The molecule has 2 aromatic carbocycles. The molecule has 0 aliphatic carbocycles. The molecule has 0 spiro atoms. The number of nitrogens with zero attached hydrogens (tertiary/aromatic N) is 1. The Kier molecular flexibility index (Phi) is 5.38. The smallest absolute Gasteiger partial charge is 0.279 e. The lowest BCUT2D eigenvalue weighted by Crippen LogP contribution is -3.15. The maximum absolute atomic E-state index is 12.3. The van der Waals surface area contributed by atoms with Crippen LogP contribution in [-0.4, -0.2) is 38.6 Å². The Morgan fingerprint density at radius 1 is 1.12 bits per heavy atom. The van der Waals surface area contributed by atoms with E-state index in [4.69, 9.17) is 11.6 Å². The Bertz CT molecular complexity index is 697. The Morgan fingerprint density at radius 2 is 1.83 bits per heavy atom. The van der Waals surface area contributed by atoms with E-state index in [2.05, 4.69) is 34.5 Å². The highest BCUT2D eigenvalue weighted by molar-refractivity contribution is 6.31. The second-order valence-corrected chi connectivity index (χ2v) is 6.62. The van der Waals surface area contributed by atoms with Crippen molar-refractivity contribution in [2.45, 2.75) is 6.92 Å². The lowest BCUT2D eigenvalue weighted by molar-refractivity contribution is -0.892. The van der Waals surface area contributed by atoms with Crippen LogP contribution in [0, 0.1) is 6.92 Å². The van der Waals surface area contributed by atoms with Crippen LogP contribution in [0.3, 0.4) is 0 Å². The number of rotatable bonds is 4. The standard InChI is InChI=1S/C19H22ClN3O/c1-15-17(20)8-5-9-18(15)21-19(24)14-22-10-12-23(13-11-22)16-6-3-2-4-7-16/h2-9H,10-14H2,1H3,(H,21,24)/p+1. The predicted molar refractivity (Wildman–Crippen MR) is 99.0 cm³/mol. The predicted octanol–water partition coefficient (Wildman–Crippen LogP) is 1.99. The molecule has 4 nitrogen and oxygen atoms in total. The van der Waals surface area contributed by atoms with E-state index in [1.165, 1.54) is 10.6 Å². The third-order valence-corrected chi connectivity index (χ3v) is 4.95. The van der Waals surface area contributed by atoms with Crippen molar-refractivity contribution in [3.63, 3.8) is 0 Å². The minimum atomic E-state index is 0.0449. The van der Waals surface area contributed by atoms with Crippen molar-refractivity contribution in [3.8, 4) is 0 Å². The highest BCUT2D eigenvalue weighted by atomic mass is 35.5. The van der Waals surface area contributed by atoms with Crippen LogP contribution >= 0.6 is 11.6 Å². The monoisotopic (exact) mass is 344 g/mol. The van der Waals surface area contributed by atoms with Gasteiger partial charge < -0.3 is 15.1 Å². The number of halogens is 1. The first-order valence-corrected chi connectivity index (χ1v) is 8.70. The first kappa shape index (κ1) is 16.8. The van der Waals surface area contributed by atoms with Gasteiger partial charge in [0.1, 0.15) is 0 Å². The number of carbonyl (C=O) groups is 1. The minimum Gasteiger partial charge on any atom is -0.360 e. The van der Waals surface area contributed by atoms with E-state index in [0.717, 1.165) is 37.4 Å². The summed E-state index contributed by atoms with van der Waals surface area (Å²) in [5, 5.41) is 3.66. The van der Waals surface area contributed by atoms with Gasteiger partial charge >= 0.3 is 0 Å². The molecule has 3 rings (SSSR count). The topological polar surface area (TPSA) is 36.8 Å². The number of para-hydroxylation sites is 1. The van der Waals surface area contributed by atoms with Gasteiger partial charge in [0.05, 0.1) is 26.2 Å². The van der Waals surface area contributed by atoms with Crippen LogP contribution in [0.15, 0.2) is 48.5 Å². The molecule has 1 heterocycles. The second-order valence-electron chi connectivity index (χ2n) is 6.21. The van der Waals surface area contributed by atoms with Crippen molar-refractivity contribution in [1.29, 1.82) is 0 Å². The molecule has 1 fully saturated rings. The fourth-order valence-corrected chi connectivity index (χ4v) is 3.24. The van der Waals surface area contributed by atoms with Gasteiger partial charge in [-0.25, -0.2) is 0 Å². The van der Waals surface area contributed by atoms with Crippen LogP contribution in [0.2, 0.25) is 5.02 Å². The number of hydrogen-bond acceptors (Lipinski definition) is 2. The molecule has 1 aliphatic heterocycles. The van der Waals surface area contributed by atoms with Gasteiger partial charge in [-0.3, -0.25) is 4.79 Å². The molecule has 24 heavy (non-hydrogen) atoms. The molecule has 126 valence electrons. The molecule has 0 aromatic heterocycles. The first-order valence-electron chi connectivity index (χ1n) is 8.32. The normalized spacial score (nSPS) is 15.3. The Hall–Kier alpha value is -2.04. The van der Waals surface area contributed by atoms with Crippen LogP contribution in [-0.2, 0) is 4.79 Å². The quantitative estimate of drug-likeness (QED) is 0.890. The molecule has 2 N–H and O–H groups in total. The first-order chi connectivity index (χ1) is 11.6. The second kappa shape index (κ2) is 7.69. The molecule has 0 saturated carbocycles. The van der Waals surface area contributed by atoms with Gasteiger partial charge in [-0.05, 0) is 36.8 Å². The average molecular weight is 345 g/mol. The summed E-state index contributed by atoms with van der Waals surface area (Å²) in [6.07, 6.45) is 0. The third-order valence-electron chi connectivity index (χ3n) is 4.54. The molecule has 0 atom stereocenters. The van der Waals surface area contributed by atoms with Gasteiger partial charge in [0, 0.05) is 16.4 Å². The Balaban J connectivity index is 1.51. The van der Waals surface area contributed by atoms with Gasteiger partial charge in [0.2, 0.25) is 0 Å². The van der Waals surface area contributed by atoms with Crippen molar-refractivity contribution in [1.82, 2.24) is 0 Å². The number of anilines is 2. The van der Waals surface area contributed by atoms with Crippen LogP contribution in [0.4, 0.5) is 11.4 Å². The van der Waals surface area contributed by atoms with E-state index in [0.29, 0.717) is 11.6 Å². The maximum atomic E-state index is 12.3. The molecule has 0 radical (unpaired) electrons. The number of benzene rings is 2. The van der Waals surface area contributed by atoms with E-state index in [9.17, 15) is 4.79 Å². The molecular weight excluding hydrogens is 322 g/mol. The molecule has 0 unspecified atom stereocenters.